The summed E-state index contributed by atoms with van der Waals surface area (Å²) in [6.07, 6.45) is 0.999. The molecule has 0 aromatic heterocycles. The molecule has 0 spiro atoms. The molecule has 0 saturated carbocycles. The number of nitrogens with one attached hydrogen (secondary N) is 1. The Morgan fingerprint density at radius 2 is 1.33 bits per heavy atom. The van der Waals surface area contributed by atoms with E-state index in [0.29, 0.717) is 6.04 Å². The summed E-state index contributed by atoms with van der Waals surface area (Å²) < 4.78 is 0. The predicted molar refractivity (Wildman–Crippen MR) is 103 cm³/mol. The Kier molecular flexibility index (Phi) is 5.68. The summed E-state index contributed by atoms with van der Waals surface area (Å²) in [4.78, 5) is 0. The van der Waals surface area contributed by atoms with Crippen molar-refractivity contribution >= 4 is 11.6 Å². The lowest BCUT2D eigenvalue weighted by Gasteiger charge is -2.14. The quantitative estimate of drug-likeness (QED) is 0.606. The summed E-state index contributed by atoms with van der Waals surface area (Å²) in [6.45, 7) is 3.09. The van der Waals surface area contributed by atoms with Crippen molar-refractivity contribution < 1.29 is 0 Å². The van der Waals surface area contributed by atoms with Gasteiger partial charge in [-0.3, -0.25) is 0 Å². The summed E-state index contributed by atoms with van der Waals surface area (Å²) >= 11 is 5.93. The van der Waals surface area contributed by atoms with Gasteiger partial charge in [-0.25, -0.2) is 0 Å². The molecule has 2 heteroatoms. The zero-order chi connectivity index (χ0) is 16.8. The Labute approximate surface area is 149 Å². The van der Waals surface area contributed by atoms with E-state index < -0.39 is 0 Å². The molecule has 3 aromatic rings. The largest absolute Gasteiger partial charge is 0.310 e. The Morgan fingerprint density at radius 1 is 0.750 bits per heavy atom. The summed E-state index contributed by atoms with van der Waals surface area (Å²) in [5, 5.41) is 4.38. The highest BCUT2D eigenvalue weighted by Gasteiger charge is 2.04. The van der Waals surface area contributed by atoms with Gasteiger partial charge in [0.25, 0.3) is 0 Å². The van der Waals surface area contributed by atoms with E-state index >= 15 is 0 Å². The van der Waals surface area contributed by atoms with Gasteiger partial charge in [0.2, 0.25) is 0 Å². The van der Waals surface area contributed by atoms with Gasteiger partial charge in [-0.15, -0.1) is 0 Å². The van der Waals surface area contributed by atoms with Crippen LogP contribution in [0.1, 0.15) is 18.1 Å². The van der Waals surface area contributed by atoms with Crippen molar-refractivity contribution in [3.8, 4) is 11.1 Å². The van der Waals surface area contributed by atoms with Gasteiger partial charge >= 0.3 is 0 Å². The molecular formula is C22H22ClN. The Hall–Kier alpha value is -2.09. The van der Waals surface area contributed by atoms with Gasteiger partial charge in [-0.1, -0.05) is 78.3 Å². The van der Waals surface area contributed by atoms with Crippen molar-refractivity contribution in [2.75, 3.05) is 0 Å². The van der Waals surface area contributed by atoms with Crippen LogP contribution < -0.4 is 5.32 Å². The lowest BCUT2D eigenvalue weighted by molar-refractivity contribution is 0.545. The number of hydrogen-bond acceptors (Lipinski definition) is 1. The van der Waals surface area contributed by atoms with Crippen molar-refractivity contribution in [1.29, 1.82) is 0 Å². The third-order valence-corrected chi connectivity index (χ3v) is 4.42. The third-order valence-electron chi connectivity index (χ3n) is 4.17. The van der Waals surface area contributed by atoms with Crippen LogP contribution in [0.4, 0.5) is 0 Å². The molecule has 0 bridgehead atoms. The van der Waals surface area contributed by atoms with E-state index in [2.05, 4.69) is 72.9 Å². The van der Waals surface area contributed by atoms with Crippen LogP contribution in [-0.2, 0) is 13.0 Å². The molecule has 0 aliphatic carbocycles. The fraction of sp³-hybridized carbons (Fsp3) is 0.182. The Bertz CT molecular complexity index is 748. The molecule has 1 nitrogen and oxygen atoms in total. The molecule has 0 aliphatic heterocycles. The van der Waals surface area contributed by atoms with E-state index in [0.717, 1.165) is 18.0 Å². The van der Waals surface area contributed by atoms with Crippen LogP contribution in [0.2, 0.25) is 5.02 Å². The summed E-state index contributed by atoms with van der Waals surface area (Å²) in [5.41, 5.74) is 5.12. The molecule has 24 heavy (non-hydrogen) atoms. The van der Waals surface area contributed by atoms with Crippen molar-refractivity contribution in [3.63, 3.8) is 0 Å². The van der Waals surface area contributed by atoms with Crippen molar-refractivity contribution in [2.45, 2.75) is 25.9 Å². The molecule has 3 rings (SSSR count). The minimum Gasteiger partial charge on any atom is -0.310 e. The second-order valence-corrected chi connectivity index (χ2v) is 6.61. The molecule has 3 aromatic carbocycles. The van der Waals surface area contributed by atoms with Gasteiger partial charge in [0.15, 0.2) is 0 Å². The zero-order valence-electron chi connectivity index (χ0n) is 13.9. The van der Waals surface area contributed by atoms with Gasteiger partial charge in [-0.2, -0.15) is 0 Å². The lowest BCUT2D eigenvalue weighted by atomic mass is 10.0. The van der Waals surface area contributed by atoms with Crippen LogP contribution in [0.15, 0.2) is 78.9 Å². The lowest BCUT2D eigenvalue weighted by Crippen LogP contribution is -2.27. The van der Waals surface area contributed by atoms with Crippen LogP contribution in [0, 0.1) is 0 Å². The van der Waals surface area contributed by atoms with Crippen molar-refractivity contribution in [2.24, 2.45) is 0 Å². The average Bonchev–Trinajstić information content (AvgIpc) is 2.63. The number of halogens is 1. The van der Waals surface area contributed by atoms with Crippen LogP contribution >= 0.6 is 11.6 Å². The van der Waals surface area contributed by atoms with E-state index in [4.69, 9.17) is 11.6 Å². The number of benzene rings is 3. The molecule has 122 valence electrons. The average molecular weight is 336 g/mol. The minimum atomic E-state index is 0.417. The SMILES string of the molecule is CC(Cc1ccc(Cl)cc1)NCc1ccc(-c2ccccc2)cc1. The van der Waals surface area contributed by atoms with Crippen molar-refractivity contribution in [3.05, 3.63) is 95.0 Å². The molecular weight excluding hydrogens is 314 g/mol. The Morgan fingerprint density at radius 3 is 2.00 bits per heavy atom. The van der Waals surface area contributed by atoms with Gasteiger partial charge in [0.1, 0.15) is 0 Å². The molecule has 0 fully saturated rings. The van der Waals surface area contributed by atoms with E-state index in [1.54, 1.807) is 0 Å². The Balaban J connectivity index is 1.53. The molecule has 0 radical (unpaired) electrons. The number of rotatable bonds is 6. The van der Waals surface area contributed by atoms with Crippen LogP contribution in [-0.4, -0.2) is 6.04 Å². The second-order valence-electron chi connectivity index (χ2n) is 6.18. The molecule has 1 unspecified atom stereocenters. The first-order valence-corrected chi connectivity index (χ1v) is 8.71. The molecule has 0 heterocycles. The van der Waals surface area contributed by atoms with E-state index in [-0.39, 0.29) is 0 Å². The van der Waals surface area contributed by atoms with Gasteiger partial charge in [0, 0.05) is 17.6 Å². The van der Waals surface area contributed by atoms with Crippen LogP contribution in [0.5, 0.6) is 0 Å². The van der Waals surface area contributed by atoms with Crippen LogP contribution in [0.3, 0.4) is 0 Å². The number of hydrogen-bond donors (Lipinski definition) is 1. The van der Waals surface area contributed by atoms with Gasteiger partial charge < -0.3 is 5.32 Å². The summed E-state index contributed by atoms with van der Waals surface area (Å²) in [5.74, 6) is 0. The molecule has 0 aliphatic rings. The molecule has 1 N–H and O–H groups in total. The third kappa shape index (κ3) is 4.70. The zero-order valence-corrected chi connectivity index (χ0v) is 14.6. The van der Waals surface area contributed by atoms with E-state index in [9.17, 15) is 0 Å². The van der Waals surface area contributed by atoms with E-state index in [1.165, 1.54) is 22.3 Å². The maximum atomic E-state index is 5.93. The summed E-state index contributed by atoms with van der Waals surface area (Å²) in [6, 6.07) is 27.8. The predicted octanol–water partition coefficient (Wildman–Crippen LogP) is 5.73. The fourth-order valence-electron chi connectivity index (χ4n) is 2.78. The van der Waals surface area contributed by atoms with Crippen molar-refractivity contribution in [1.82, 2.24) is 5.32 Å². The smallest absolute Gasteiger partial charge is 0.0406 e. The minimum absolute atomic E-state index is 0.417. The fourth-order valence-corrected chi connectivity index (χ4v) is 2.91. The summed E-state index contributed by atoms with van der Waals surface area (Å²) in [7, 11) is 0. The highest BCUT2D eigenvalue weighted by atomic mass is 35.5. The maximum Gasteiger partial charge on any atom is 0.0406 e. The topological polar surface area (TPSA) is 12.0 Å². The molecule has 1 atom stereocenters. The second kappa shape index (κ2) is 8.14. The standard InChI is InChI=1S/C22H22ClN/c1-17(15-18-9-13-22(23)14-10-18)24-16-19-7-11-21(12-8-19)20-5-3-2-4-6-20/h2-14,17,24H,15-16H2,1H3. The molecule has 0 saturated heterocycles. The molecule has 0 amide bonds. The first-order valence-electron chi connectivity index (χ1n) is 8.33. The van der Waals surface area contributed by atoms with Gasteiger partial charge in [0.05, 0.1) is 0 Å². The first-order chi connectivity index (χ1) is 11.7. The van der Waals surface area contributed by atoms with E-state index in [1.807, 2.05) is 18.2 Å². The highest BCUT2D eigenvalue weighted by molar-refractivity contribution is 6.30. The van der Waals surface area contributed by atoms with Gasteiger partial charge in [-0.05, 0) is 47.7 Å². The maximum absolute atomic E-state index is 5.93. The monoisotopic (exact) mass is 335 g/mol. The normalized spacial score (nSPS) is 12.1. The first kappa shape index (κ1) is 16.8. The highest BCUT2D eigenvalue weighted by Crippen LogP contribution is 2.19. The van der Waals surface area contributed by atoms with Crippen LogP contribution in [0.25, 0.3) is 11.1 Å².